The molecule has 2 aliphatic rings. The number of fused-ring (bicyclic) bond motifs is 1. The predicted octanol–water partition coefficient (Wildman–Crippen LogP) is 4.94. The van der Waals surface area contributed by atoms with Crippen LogP contribution < -0.4 is 0 Å². The molecule has 1 saturated heterocycles. The second-order valence-corrected chi connectivity index (χ2v) is 10.1. The molecule has 5 heterocycles. The number of amides is 1. The average molecular weight is 473 g/mol. The number of rotatable bonds is 4. The van der Waals surface area contributed by atoms with Gasteiger partial charge in [0.1, 0.15) is 17.3 Å². The second kappa shape index (κ2) is 9.18. The maximum atomic E-state index is 13.9. The number of thiophene rings is 1. The van der Waals surface area contributed by atoms with Gasteiger partial charge >= 0.3 is 0 Å². The lowest BCUT2D eigenvalue weighted by Crippen LogP contribution is -2.40. The molecule has 0 saturated carbocycles. The van der Waals surface area contributed by atoms with E-state index < -0.39 is 0 Å². The van der Waals surface area contributed by atoms with E-state index in [1.165, 1.54) is 19.3 Å². The van der Waals surface area contributed by atoms with Crippen molar-refractivity contribution in [2.24, 2.45) is 0 Å². The molecule has 4 aromatic rings. The lowest BCUT2D eigenvalue weighted by atomic mass is 9.96. The van der Waals surface area contributed by atoms with Crippen LogP contribution in [0.5, 0.6) is 0 Å². The first-order chi connectivity index (χ1) is 16.8. The van der Waals surface area contributed by atoms with Gasteiger partial charge in [-0.1, -0.05) is 30.7 Å². The van der Waals surface area contributed by atoms with Gasteiger partial charge in [0.05, 0.1) is 16.1 Å². The summed E-state index contributed by atoms with van der Waals surface area (Å²) in [4.78, 5) is 16.9. The van der Waals surface area contributed by atoms with E-state index in [1.807, 2.05) is 63.6 Å². The summed E-state index contributed by atoms with van der Waals surface area (Å²) in [6, 6.07) is 14.0. The second-order valence-electron chi connectivity index (χ2n) is 9.18. The molecule has 1 fully saturated rings. The summed E-state index contributed by atoms with van der Waals surface area (Å²) < 4.78 is 4.15. The van der Waals surface area contributed by atoms with E-state index in [-0.39, 0.29) is 11.8 Å². The molecule has 0 N–H and O–H groups in total. The Labute approximate surface area is 203 Å². The Morgan fingerprint density at radius 2 is 1.88 bits per heavy atom. The minimum absolute atomic E-state index is 0.0471. The third-order valence-electron chi connectivity index (χ3n) is 6.93. The number of nitrogens with zero attached hydrogens (tertiary/aromatic N) is 6. The molecule has 0 bridgehead atoms. The number of hydrogen-bond donors (Lipinski definition) is 0. The van der Waals surface area contributed by atoms with Crippen LogP contribution in [0.1, 0.15) is 60.0 Å². The molecule has 0 aliphatic carbocycles. The molecule has 6 rings (SSSR count). The van der Waals surface area contributed by atoms with Gasteiger partial charge in [0.15, 0.2) is 0 Å². The van der Waals surface area contributed by atoms with Crippen LogP contribution in [0.3, 0.4) is 0 Å². The highest BCUT2D eigenvalue weighted by molar-refractivity contribution is 7.13. The van der Waals surface area contributed by atoms with Gasteiger partial charge in [-0.05, 0) is 49.3 Å². The topological polar surface area (TPSA) is 68.8 Å². The highest BCUT2D eigenvalue weighted by atomic mass is 32.1. The van der Waals surface area contributed by atoms with Gasteiger partial charge in [-0.15, -0.1) is 21.5 Å². The minimum Gasteiger partial charge on any atom is -0.338 e. The summed E-state index contributed by atoms with van der Waals surface area (Å²) in [5.74, 6) is 2.45. The Balaban J connectivity index is 1.30. The normalized spacial score (nSPS) is 18.5. The first-order valence-electron chi connectivity index (χ1n) is 12.2. The molecule has 174 valence electrons. The first kappa shape index (κ1) is 21.3. The zero-order valence-electron chi connectivity index (χ0n) is 19.1. The molecule has 2 aliphatic heterocycles. The van der Waals surface area contributed by atoms with E-state index >= 15 is 0 Å². The molecule has 34 heavy (non-hydrogen) atoms. The van der Waals surface area contributed by atoms with E-state index in [9.17, 15) is 4.79 Å². The number of carbonyl (C=O) groups excluding carboxylic acids is 1. The lowest BCUT2D eigenvalue weighted by Gasteiger charge is -2.32. The molecule has 0 unspecified atom stereocenters. The van der Waals surface area contributed by atoms with Crippen molar-refractivity contribution in [3.8, 4) is 16.3 Å². The van der Waals surface area contributed by atoms with Crippen molar-refractivity contribution in [1.29, 1.82) is 0 Å². The average Bonchev–Trinajstić information content (AvgIpc) is 3.62. The monoisotopic (exact) mass is 472 g/mol. The molecular weight excluding hydrogens is 444 g/mol. The Hall–Kier alpha value is -3.26. The number of benzene rings is 1. The molecule has 0 radical (unpaired) electrons. The lowest BCUT2D eigenvalue weighted by molar-refractivity contribution is 0.0704. The summed E-state index contributed by atoms with van der Waals surface area (Å²) in [5, 5.41) is 15.9. The van der Waals surface area contributed by atoms with Crippen LogP contribution in [0, 0.1) is 0 Å². The van der Waals surface area contributed by atoms with Crippen LogP contribution in [-0.4, -0.2) is 48.4 Å². The number of para-hydroxylation sites is 1. The number of likely N-dealkylation sites (tertiary alicyclic amines) is 1. The minimum atomic E-state index is 0.0471. The quantitative estimate of drug-likeness (QED) is 0.422. The van der Waals surface area contributed by atoms with E-state index in [4.69, 9.17) is 5.10 Å². The summed E-state index contributed by atoms with van der Waals surface area (Å²) >= 11 is 1.61. The summed E-state index contributed by atoms with van der Waals surface area (Å²) in [6.45, 7) is 2.43. The van der Waals surface area contributed by atoms with Gasteiger partial charge in [0.25, 0.3) is 5.91 Å². The molecule has 0 spiro atoms. The Morgan fingerprint density at radius 1 is 0.971 bits per heavy atom. The molecule has 1 atom stereocenters. The largest absolute Gasteiger partial charge is 0.338 e. The maximum Gasteiger partial charge on any atom is 0.257 e. The smallest absolute Gasteiger partial charge is 0.257 e. The van der Waals surface area contributed by atoms with Crippen molar-refractivity contribution < 1.29 is 4.79 Å². The van der Waals surface area contributed by atoms with Crippen molar-refractivity contribution >= 4 is 17.2 Å². The molecule has 3 aromatic heterocycles. The van der Waals surface area contributed by atoms with Crippen LogP contribution >= 0.6 is 11.3 Å². The molecule has 8 heteroatoms. The third-order valence-corrected chi connectivity index (χ3v) is 7.81. The van der Waals surface area contributed by atoms with Crippen LogP contribution in [0.4, 0.5) is 0 Å². The molecular formula is C26H28N6OS. The van der Waals surface area contributed by atoms with Gasteiger partial charge < -0.3 is 9.47 Å². The van der Waals surface area contributed by atoms with E-state index in [0.29, 0.717) is 12.1 Å². The summed E-state index contributed by atoms with van der Waals surface area (Å²) in [7, 11) is 0. The number of carbonyl (C=O) groups is 1. The SMILES string of the molecule is O=C(c1cn(-c2ccccc2)nc1-c1cccs1)N1CCC[C@@H](c2nnc3n2CCCCC3)C1. The van der Waals surface area contributed by atoms with E-state index in [0.717, 1.165) is 60.3 Å². The Bertz CT molecular complexity index is 1280. The van der Waals surface area contributed by atoms with Crippen molar-refractivity contribution in [3.63, 3.8) is 0 Å². The maximum absolute atomic E-state index is 13.9. The van der Waals surface area contributed by atoms with Gasteiger partial charge in [-0.3, -0.25) is 4.79 Å². The van der Waals surface area contributed by atoms with Crippen molar-refractivity contribution in [1.82, 2.24) is 29.4 Å². The summed E-state index contributed by atoms with van der Waals surface area (Å²) in [6.07, 6.45) is 8.52. The van der Waals surface area contributed by atoms with E-state index in [2.05, 4.69) is 14.8 Å². The van der Waals surface area contributed by atoms with Crippen molar-refractivity contribution in [2.45, 2.75) is 51.0 Å². The van der Waals surface area contributed by atoms with Crippen LogP contribution in [-0.2, 0) is 13.0 Å². The molecule has 7 nitrogen and oxygen atoms in total. The number of piperidine rings is 1. The van der Waals surface area contributed by atoms with Crippen LogP contribution in [0.15, 0.2) is 54.0 Å². The highest BCUT2D eigenvalue weighted by Crippen LogP contribution is 2.32. The molecule has 1 amide bonds. The fourth-order valence-corrected chi connectivity index (χ4v) is 5.91. The van der Waals surface area contributed by atoms with Crippen molar-refractivity contribution in [2.75, 3.05) is 13.1 Å². The van der Waals surface area contributed by atoms with Crippen LogP contribution in [0.25, 0.3) is 16.3 Å². The molecule has 1 aromatic carbocycles. The summed E-state index contributed by atoms with van der Waals surface area (Å²) in [5.41, 5.74) is 2.36. The van der Waals surface area contributed by atoms with E-state index in [1.54, 1.807) is 11.3 Å². The Kier molecular flexibility index (Phi) is 5.74. The number of aromatic nitrogens is 5. The third kappa shape index (κ3) is 3.96. The standard InChI is InChI=1S/C26H28N6OS/c33-26(21-18-32(20-10-3-1-4-11-20)29-24(21)22-12-8-16-34-22)30-14-7-9-19(17-30)25-28-27-23-13-5-2-6-15-31(23)25/h1,3-4,8,10-12,16,18-19H,2,5-7,9,13-15,17H2/t19-/m1/s1. The van der Waals surface area contributed by atoms with Crippen molar-refractivity contribution in [3.05, 3.63) is 71.3 Å². The van der Waals surface area contributed by atoms with Gasteiger partial charge in [0.2, 0.25) is 0 Å². The predicted molar refractivity (Wildman–Crippen MR) is 132 cm³/mol. The first-order valence-corrected chi connectivity index (χ1v) is 13.1. The zero-order valence-corrected chi connectivity index (χ0v) is 20.0. The highest BCUT2D eigenvalue weighted by Gasteiger charge is 2.32. The fraction of sp³-hybridized carbons (Fsp3) is 0.385. The van der Waals surface area contributed by atoms with Gasteiger partial charge in [0, 0.05) is 38.2 Å². The van der Waals surface area contributed by atoms with Gasteiger partial charge in [-0.25, -0.2) is 4.68 Å². The number of aryl methyl sites for hydroxylation is 1. The van der Waals surface area contributed by atoms with Gasteiger partial charge in [-0.2, -0.15) is 5.10 Å². The fourth-order valence-electron chi connectivity index (χ4n) is 5.19. The van der Waals surface area contributed by atoms with Crippen LogP contribution in [0.2, 0.25) is 0 Å². The number of hydrogen-bond acceptors (Lipinski definition) is 5. The zero-order chi connectivity index (χ0) is 22.9. The Morgan fingerprint density at radius 3 is 2.74 bits per heavy atom.